The lowest BCUT2D eigenvalue weighted by atomic mass is 9.97. The molecule has 0 amide bonds. The van der Waals surface area contributed by atoms with Crippen LogP contribution in [0.3, 0.4) is 0 Å². The highest BCUT2D eigenvalue weighted by Crippen LogP contribution is 2.50. The van der Waals surface area contributed by atoms with Gasteiger partial charge in [-0.25, -0.2) is 29.9 Å². The first-order valence-corrected chi connectivity index (χ1v) is 16.1. The van der Waals surface area contributed by atoms with Gasteiger partial charge in [0.15, 0.2) is 29.2 Å². The Bertz CT molecular complexity index is 1710. The molecule has 0 saturated carbocycles. The summed E-state index contributed by atoms with van der Waals surface area (Å²) >= 11 is 5.26. The van der Waals surface area contributed by atoms with Crippen LogP contribution >= 0.6 is 16.2 Å². The fourth-order valence-corrected chi connectivity index (χ4v) is 6.99. The summed E-state index contributed by atoms with van der Waals surface area (Å²) < 4.78 is 31.5. The molecule has 4 aromatic rings. The Morgan fingerprint density at radius 3 is 2.11 bits per heavy atom. The van der Waals surface area contributed by atoms with Crippen molar-refractivity contribution in [1.82, 2.24) is 39.0 Å². The number of aromatic nitrogens is 8. The number of rotatable bonds is 11. The number of nitrogen functional groups attached to an aromatic ring is 2. The van der Waals surface area contributed by atoms with Crippen LogP contribution in [-0.2, 0) is 39.6 Å². The lowest BCUT2D eigenvalue weighted by Gasteiger charge is -2.26. The first-order chi connectivity index (χ1) is 21.1. The highest BCUT2D eigenvalue weighted by atomic mass is 32.5. The van der Waals surface area contributed by atoms with E-state index in [0.717, 1.165) is 0 Å². The van der Waals surface area contributed by atoms with Crippen molar-refractivity contribution >= 4 is 68.2 Å². The van der Waals surface area contributed by atoms with Gasteiger partial charge in [0.25, 0.3) is 0 Å². The summed E-state index contributed by atoms with van der Waals surface area (Å²) in [7, 11) is 2.07. The monoisotopic (exact) mass is 670 g/mol. The third kappa shape index (κ3) is 5.67. The third-order valence-corrected chi connectivity index (χ3v) is 9.17. The summed E-state index contributed by atoms with van der Waals surface area (Å²) in [4.78, 5) is 47.1. The maximum Gasteiger partial charge on any atom is 0.325 e. The van der Waals surface area contributed by atoms with Crippen LogP contribution in [0.2, 0.25) is 0 Å². The summed E-state index contributed by atoms with van der Waals surface area (Å²) in [5.74, 6) is -0.420. The van der Waals surface area contributed by atoms with Crippen molar-refractivity contribution in [2.75, 3.05) is 24.7 Å². The number of aliphatic hydroxyl groups is 2. The average molecular weight is 671 g/mol. The van der Waals surface area contributed by atoms with E-state index in [1.807, 2.05) is 0 Å². The number of imidazole rings is 2. The molecule has 2 aliphatic heterocycles. The van der Waals surface area contributed by atoms with E-state index >= 15 is 0 Å². The van der Waals surface area contributed by atoms with Gasteiger partial charge in [0, 0.05) is 21.8 Å². The van der Waals surface area contributed by atoms with E-state index in [1.54, 1.807) is 0 Å². The molecule has 0 spiro atoms. The summed E-state index contributed by atoms with van der Waals surface area (Å²) in [5, 5.41) is 22.3. The Hall–Kier alpha value is -2.87. The molecule has 2 aliphatic rings. The number of anilines is 2. The number of nitrogens with zero attached hydrogens (tertiary/aromatic N) is 8. The van der Waals surface area contributed by atoms with Gasteiger partial charge >= 0.3 is 6.72 Å². The fourth-order valence-electron chi connectivity index (χ4n) is 5.35. The zero-order chi connectivity index (χ0) is 31.2. The minimum Gasteiger partial charge on any atom is -0.390 e. The first-order valence-electron chi connectivity index (χ1n) is 13.1. The van der Waals surface area contributed by atoms with Crippen molar-refractivity contribution in [3.8, 4) is 0 Å². The van der Waals surface area contributed by atoms with Gasteiger partial charge in [0.1, 0.15) is 60.6 Å². The number of hydrogen-bond donors (Lipinski definition) is 5. The van der Waals surface area contributed by atoms with Gasteiger partial charge in [0.05, 0.1) is 32.0 Å². The molecule has 19 nitrogen and oxygen atoms in total. The van der Waals surface area contributed by atoms with Gasteiger partial charge < -0.3 is 49.9 Å². The maximum atomic E-state index is 11.5. The van der Waals surface area contributed by atoms with Crippen molar-refractivity contribution in [1.29, 1.82) is 0 Å². The number of hydrogen-bond acceptors (Lipinski definition) is 17. The van der Waals surface area contributed by atoms with E-state index < -0.39 is 62.2 Å². The quantitative estimate of drug-likeness (QED) is 0.0944. The number of ether oxygens (including phenoxy) is 2. The predicted molar refractivity (Wildman–Crippen MR) is 156 cm³/mol. The van der Waals surface area contributed by atoms with Gasteiger partial charge in [0.2, 0.25) is 0 Å². The van der Waals surface area contributed by atoms with E-state index in [-0.39, 0.29) is 24.7 Å². The summed E-state index contributed by atoms with van der Waals surface area (Å²) in [6.45, 7) is -4.57. The Balaban J connectivity index is 1.17. The van der Waals surface area contributed by atoms with Crippen molar-refractivity contribution in [2.45, 2.75) is 49.4 Å². The molecule has 0 bridgehead atoms. The molecule has 6 heterocycles. The van der Waals surface area contributed by atoms with E-state index in [0.29, 0.717) is 28.6 Å². The first kappa shape index (κ1) is 31.1. The molecular weight excluding hydrogens is 642 g/mol. The second-order valence-electron chi connectivity index (χ2n) is 10.0. The lowest BCUT2D eigenvalue weighted by Crippen LogP contribution is -2.36. The van der Waals surface area contributed by atoms with E-state index in [2.05, 4.69) is 39.4 Å². The van der Waals surface area contributed by atoms with Crippen LogP contribution < -0.4 is 11.5 Å². The third-order valence-electron chi connectivity index (χ3n) is 7.42. The van der Waals surface area contributed by atoms with Crippen LogP contribution in [0.25, 0.3) is 22.3 Å². The highest BCUT2D eigenvalue weighted by Gasteiger charge is 2.49. The molecule has 0 aromatic carbocycles. The Morgan fingerprint density at radius 1 is 0.932 bits per heavy atom. The van der Waals surface area contributed by atoms with E-state index in [9.17, 15) is 19.9 Å². The topological polar surface area (TPSA) is 263 Å². The Morgan fingerprint density at radius 2 is 1.52 bits per heavy atom. The fraction of sp³-hybridized carbons (Fsp3) is 0.500. The van der Waals surface area contributed by atoms with E-state index in [1.165, 1.54) is 34.4 Å². The largest absolute Gasteiger partial charge is 0.390 e. The predicted octanol–water partition coefficient (Wildman–Crippen LogP) is -1.02. The van der Waals surface area contributed by atoms with Gasteiger partial charge in [-0.3, -0.25) is 13.7 Å². The molecule has 0 radical (unpaired) electrons. The average Bonchev–Trinajstić information content (AvgIpc) is 3.75. The van der Waals surface area contributed by atoms with Crippen molar-refractivity contribution in [3.63, 3.8) is 0 Å². The van der Waals surface area contributed by atoms with Crippen LogP contribution in [0.5, 0.6) is 0 Å². The molecule has 4 aromatic heterocycles. The molecular formula is C22H28N10O9P2S. The minimum absolute atomic E-state index is 0.0600. The van der Waals surface area contributed by atoms with E-state index in [4.69, 9.17) is 46.3 Å². The molecule has 0 aliphatic carbocycles. The van der Waals surface area contributed by atoms with Crippen LogP contribution in [0, 0.1) is 5.92 Å². The van der Waals surface area contributed by atoms with Crippen LogP contribution in [0.15, 0.2) is 25.3 Å². The van der Waals surface area contributed by atoms with Crippen molar-refractivity contribution < 1.29 is 42.9 Å². The number of aldehydes is 1. The smallest absolute Gasteiger partial charge is 0.325 e. The summed E-state index contributed by atoms with van der Waals surface area (Å²) in [6, 6.07) is 0. The van der Waals surface area contributed by atoms with Crippen molar-refractivity contribution in [3.05, 3.63) is 25.3 Å². The molecule has 10 atom stereocenters. The molecule has 2 fully saturated rings. The van der Waals surface area contributed by atoms with Gasteiger partial charge in [-0.1, -0.05) is 0 Å². The number of nitrogens with two attached hydrogens (primary N) is 2. The van der Waals surface area contributed by atoms with Gasteiger partial charge in [-0.15, -0.1) is 0 Å². The second-order valence-corrected chi connectivity index (χ2v) is 13.1. The minimum atomic E-state index is -4.10. The molecule has 44 heavy (non-hydrogen) atoms. The number of carbonyl (C=O) groups excluding carboxylic acids is 1. The van der Waals surface area contributed by atoms with Crippen LogP contribution in [0.4, 0.5) is 11.6 Å². The van der Waals surface area contributed by atoms with Crippen LogP contribution in [0.1, 0.15) is 18.9 Å². The SMILES string of the molecule is Nc1ncnc2c1ncn2[C@@H]1O[C@H](COP)[C@@H](OP(O)(=S)OC[C@H]2O[C@@H](n3cnc4c(N)ncnc43)[C@H](CC=O)[C@@H]2O)[C@H]1O. The Kier molecular flexibility index (Phi) is 8.84. The molecule has 236 valence electrons. The van der Waals surface area contributed by atoms with Crippen LogP contribution in [-0.4, -0.2) is 104 Å². The molecule has 22 heteroatoms. The van der Waals surface area contributed by atoms with Gasteiger partial charge in [-0.05, 0) is 11.8 Å². The normalized spacial score (nSPS) is 30.3. The standard InChI is InChI=1S/C22H28N10O9P2S/c23-17-12-19(27-5-25-17)31(7-29-12)21-9(1-2-33)14(34)10(39-21)4-38-43(36,44)41-16-11(3-37-42)40-22(15(16)35)32-8-30-13-18(24)26-6-28-20(13)32/h2,5-11,14-16,21-22,34-35H,1,3-4,42H2,(H,36,44)(H2,23,25,27)(H2,24,26,28)/t9-,10-,11-,14+,15-,16-,21-,22-,43?/m1/s1. The number of aliphatic hydroxyl groups excluding tert-OH is 2. The number of carbonyl (C=O) groups is 1. The molecule has 2 unspecified atom stereocenters. The summed E-state index contributed by atoms with van der Waals surface area (Å²) in [6.07, 6.45) is -1.77. The highest BCUT2D eigenvalue weighted by molar-refractivity contribution is 8.07. The zero-order valence-electron chi connectivity index (χ0n) is 22.6. The Labute approximate surface area is 255 Å². The second kappa shape index (κ2) is 12.5. The molecule has 6 rings (SSSR count). The summed E-state index contributed by atoms with van der Waals surface area (Å²) in [5.41, 5.74) is 13.1. The number of fused-ring (bicyclic) bond motifs is 2. The maximum absolute atomic E-state index is 11.5. The van der Waals surface area contributed by atoms with Crippen molar-refractivity contribution in [2.24, 2.45) is 5.92 Å². The van der Waals surface area contributed by atoms with Gasteiger partial charge in [-0.2, -0.15) is 0 Å². The zero-order valence-corrected chi connectivity index (χ0v) is 25.4. The lowest BCUT2D eigenvalue weighted by molar-refractivity contribution is -0.110. The molecule has 7 N–H and O–H groups in total. The molecule has 2 saturated heterocycles.